The van der Waals surface area contributed by atoms with Crippen molar-refractivity contribution in [2.75, 3.05) is 13.1 Å². The topological polar surface area (TPSA) is 49.3 Å². The Kier molecular flexibility index (Phi) is 6.23. The molecule has 2 rings (SSSR count). The van der Waals surface area contributed by atoms with Crippen molar-refractivity contribution in [3.63, 3.8) is 0 Å². The van der Waals surface area contributed by atoms with E-state index in [0.29, 0.717) is 5.56 Å². The maximum absolute atomic E-state index is 12.6. The Balaban J connectivity index is 0.000000322. The third-order valence-electron chi connectivity index (χ3n) is 2.61. The second-order valence-electron chi connectivity index (χ2n) is 4.45. The monoisotopic (exact) mass is 405 g/mol. The van der Waals surface area contributed by atoms with Gasteiger partial charge in [-0.25, -0.2) is 4.79 Å². The quantitative estimate of drug-likeness (QED) is 0.692. The predicted molar refractivity (Wildman–Crippen MR) is 73.7 cm³/mol. The van der Waals surface area contributed by atoms with Gasteiger partial charge in [0.25, 0.3) is 0 Å². The Hall–Kier alpha value is -1.55. The number of aliphatic carboxylic acids is 1. The lowest BCUT2D eigenvalue weighted by Crippen LogP contribution is -2.33. The van der Waals surface area contributed by atoms with Gasteiger partial charge in [0.15, 0.2) is 0 Å². The maximum Gasteiger partial charge on any atom is 0.490 e. The molecule has 0 unspecified atom stereocenters. The largest absolute Gasteiger partial charge is 0.490 e. The van der Waals surface area contributed by atoms with Crippen LogP contribution >= 0.6 is 15.9 Å². The number of hydrogen-bond acceptors (Lipinski definition) is 2. The van der Waals surface area contributed by atoms with E-state index < -0.39 is 23.9 Å². The molecular formula is C13H10BrF6NO2. The van der Waals surface area contributed by atoms with Crippen LogP contribution < -0.4 is 5.32 Å². The lowest BCUT2D eigenvalue weighted by molar-refractivity contribution is -0.192. The summed E-state index contributed by atoms with van der Waals surface area (Å²) in [7, 11) is 0. The van der Waals surface area contributed by atoms with E-state index in [2.05, 4.69) is 21.2 Å². The summed E-state index contributed by atoms with van der Waals surface area (Å²) in [6, 6.07) is 4.27. The Morgan fingerprint density at radius 1 is 1.17 bits per heavy atom. The summed E-state index contributed by atoms with van der Waals surface area (Å²) in [5.74, 6) is -2.76. The van der Waals surface area contributed by atoms with Gasteiger partial charge in [0.2, 0.25) is 0 Å². The zero-order valence-electron chi connectivity index (χ0n) is 11.2. The van der Waals surface area contributed by atoms with Crippen LogP contribution in [0.2, 0.25) is 0 Å². The molecule has 128 valence electrons. The highest BCUT2D eigenvalue weighted by Gasteiger charge is 2.38. The second kappa shape index (κ2) is 7.35. The lowest BCUT2D eigenvalue weighted by atomic mass is 10.0. The van der Waals surface area contributed by atoms with Crippen LogP contribution in [0.1, 0.15) is 11.1 Å². The number of rotatable bonds is 1. The molecule has 10 heteroatoms. The standard InChI is InChI=1S/C11H9BrF3N.C2HF3O2/c12-10-2-1-7(3-8-5-16-6-8)4-9(10)11(13,14)15;3-2(4,5)1(6)7/h1-4,16H,5-6H2;(H,6,7). The van der Waals surface area contributed by atoms with Gasteiger partial charge >= 0.3 is 18.3 Å². The number of alkyl halides is 6. The van der Waals surface area contributed by atoms with E-state index in [1.54, 1.807) is 12.1 Å². The average Bonchev–Trinajstić information content (AvgIpc) is 2.33. The predicted octanol–water partition coefficient (Wildman–Crippen LogP) is 4.09. The first kappa shape index (κ1) is 19.5. The van der Waals surface area contributed by atoms with Gasteiger partial charge in [0, 0.05) is 17.6 Å². The Labute approximate surface area is 135 Å². The highest BCUT2D eigenvalue weighted by Crippen LogP contribution is 2.35. The molecule has 0 atom stereocenters. The number of carboxylic acids is 1. The molecule has 0 bridgehead atoms. The van der Waals surface area contributed by atoms with Gasteiger partial charge in [-0.2, -0.15) is 26.3 Å². The molecular weight excluding hydrogens is 396 g/mol. The fourth-order valence-corrected chi connectivity index (χ4v) is 1.93. The first-order valence-corrected chi connectivity index (χ1v) is 6.77. The van der Waals surface area contributed by atoms with Gasteiger partial charge in [-0.15, -0.1) is 0 Å². The van der Waals surface area contributed by atoms with E-state index >= 15 is 0 Å². The fourth-order valence-electron chi connectivity index (χ4n) is 1.46. The third kappa shape index (κ3) is 6.22. The van der Waals surface area contributed by atoms with Gasteiger partial charge in [-0.3, -0.25) is 0 Å². The number of nitrogens with one attached hydrogen (secondary N) is 1. The molecule has 0 saturated carbocycles. The number of carboxylic acid groups (broad SMARTS) is 1. The molecule has 2 N–H and O–H groups in total. The van der Waals surface area contributed by atoms with Crippen molar-refractivity contribution in [3.05, 3.63) is 39.4 Å². The summed E-state index contributed by atoms with van der Waals surface area (Å²) in [5.41, 5.74) is 1.08. The van der Waals surface area contributed by atoms with Crippen LogP contribution in [0.4, 0.5) is 26.3 Å². The molecule has 0 amide bonds. The minimum Gasteiger partial charge on any atom is -0.475 e. The second-order valence-corrected chi connectivity index (χ2v) is 5.30. The van der Waals surface area contributed by atoms with Gasteiger partial charge < -0.3 is 10.4 Å². The van der Waals surface area contributed by atoms with Gasteiger partial charge in [0.1, 0.15) is 0 Å². The summed E-state index contributed by atoms with van der Waals surface area (Å²) in [4.78, 5) is 8.90. The van der Waals surface area contributed by atoms with Crippen molar-refractivity contribution in [2.45, 2.75) is 12.4 Å². The summed E-state index contributed by atoms with van der Waals surface area (Å²) >= 11 is 2.91. The molecule has 1 saturated heterocycles. The first-order valence-electron chi connectivity index (χ1n) is 5.98. The molecule has 3 nitrogen and oxygen atoms in total. The van der Waals surface area contributed by atoms with E-state index in [9.17, 15) is 26.3 Å². The van der Waals surface area contributed by atoms with Gasteiger partial charge in [0.05, 0.1) is 5.56 Å². The zero-order valence-corrected chi connectivity index (χ0v) is 12.8. The molecule has 0 radical (unpaired) electrons. The van der Waals surface area contributed by atoms with Crippen LogP contribution in [0.15, 0.2) is 28.2 Å². The van der Waals surface area contributed by atoms with Gasteiger partial charge in [-0.05, 0) is 23.3 Å². The van der Waals surface area contributed by atoms with E-state index in [0.717, 1.165) is 24.7 Å². The molecule has 1 aromatic carbocycles. The number of benzene rings is 1. The summed E-state index contributed by atoms with van der Waals surface area (Å²) in [6.45, 7) is 1.52. The molecule has 1 aliphatic rings. The Morgan fingerprint density at radius 2 is 1.70 bits per heavy atom. The van der Waals surface area contributed by atoms with Crippen molar-refractivity contribution in [1.29, 1.82) is 0 Å². The minimum absolute atomic E-state index is 0.0777. The Bertz CT molecular complexity index is 603. The van der Waals surface area contributed by atoms with E-state index in [1.807, 2.05) is 0 Å². The highest BCUT2D eigenvalue weighted by molar-refractivity contribution is 9.10. The average molecular weight is 406 g/mol. The van der Waals surface area contributed by atoms with E-state index in [-0.39, 0.29) is 4.47 Å². The molecule has 1 aromatic rings. The van der Waals surface area contributed by atoms with Crippen LogP contribution in [0.5, 0.6) is 0 Å². The van der Waals surface area contributed by atoms with E-state index in [4.69, 9.17) is 9.90 Å². The molecule has 1 fully saturated rings. The van der Waals surface area contributed by atoms with Crippen LogP contribution in [-0.4, -0.2) is 30.3 Å². The molecule has 0 aliphatic carbocycles. The van der Waals surface area contributed by atoms with Crippen LogP contribution in [0.3, 0.4) is 0 Å². The normalized spacial score (nSPS) is 14.5. The van der Waals surface area contributed by atoms with Crippen molar-refractivity contribution in [3.8, 4) is 0 Å². The van der Waals surface area contributed by atoms with Crippen LogP contribution in [0, 0.1) is 0 Å². The molecule has 23 heavy (non-hydrogen) atoms. The fraction of sp³-hybridized carbons (Fsp3) is 0.308. The first-order chi connectivity index (χ1) is 10.4. The third-order valence-corrected chi connectivity index (χ3v) is 3.30. The van der Waals surface area contributed by atoms with Crippen molar-refractivity contribution < 1.29 is 36.2 Å². The maximum atomic E-state index is 12.6. The van der Waals surface area contributed by atoms with Crippen molar-refractivity contribution in [2.24, 2.45) is 0 Å². The number of hydrogen-bond donors (Lipinski definition) is 2. The van der Waals surface area contributed by atoms with Crippen LogP contribution in [0.25, 0.3) is 6.08 Å². The van der Waals surface area contributed by atoms with E-state index in [1.165, 1.54) is 6.07 Å². The summed E-state index contributed by atoms with van der Waals surface area (Å²) in [5, 5.41) is 10.2. The molecule has 1 heterocycles. The minimum atomic E-state index is -5.08. The zero-order chi connectivity index (χ0) is 17.8. The molecule has 0 spiro atoms. The lowest BCUT2D eigenvalue weighted by Gasteiger charge is -2.18. The highest BCUT2D eigenvalue weighted by atomic mass is 79.9. The smallest absolute Gasteiger partial charge is 0.475 e. The summed E-state index contributed by atoms with van der Waals surface area (Å²) in [6.07, 6.45) is -7.61. The molecule has 1 aliphatic heterocycles. The van der Waals surface area contributed by atoms with Crippen molar-refractivity contribution in [1.82, 2.24) is 5.32 Å². The SMILES string of the molecule is FC(F)(F)c1cc(C=C2CNC2)ccc1Br.O=C(O)C(F)(F)F. The van der Waals surface area contributed by atoms with Crippen LogP contribution in [-0.2, 0) is 11.0 Å². The van der Waals surface area contributed by atoms with Crippen molar-refractivity contribution >= 4 is 28.0 Å². The Morgan fingerprint density at radius 3 is 2.04 bits per heavy atom. The summed E-state index contributed by atoms with van der Waals surface area (Å²) < 4.78 is 69.6. The van der Waals surface area contributed by atoms with Gasteiger partial charge in [-0.1, -0.05) is 28.1 Å². The number of carbonyl (C=O) groups is 1. The molecule has 0 aromatic heterocycles. The number of halogens is 7.